The lowest BCUT2D eigenvalue weighted by molar-refractivity contribution is 1.07. The van der Waals surface area contributed by atoms with Gasteiger partial charge in [0.05, 0.1) is 0 Å². The van der Waals surface area contributed by atoms with Crippen LogP contribution in [-0.2, 0) is 0 Å². The van der Waals surface area contributed by atoms with Gasteiger partial charge in [0, 0.05) is 16.7 Å². The predicted octanol–water partition coefficient (Wildman–Crippen LogP) is 13.1. The van der Waals surface area contributed by atoms with Crippen molar-refractivity contribution in [1.82, 2.24) is 15.0 Å². The second-order valence-electron chi connectivity index (χ2n) is 13.7. The number of fused-ring (bicyclic) bond motifs is 7. The Balaban J connectivity index is 1.05. The summed E-state index contributed by atoms with van der Waals surface area (Å²) >= 11 is 0. The molecule has 3 nitrogen and oxygen atoms in total. The Morgan fingerprint density at radius 3 is 1.47 bits per heavy atom. The quantitative estimate of drug-likeness (QED) is 0.170. The van der Waals surface area contributed by atoms with E-state index in [9.17, 15) is 0 Å². The molecule has 0 amide bonds. The summed E-state index contributed by atoms with van der Waals surface area (Å²) in [5, 5.41) is 10.1. The summed E-state index contributed by atoms with van der Waals surface area (Å²) in [5.74, 6) is 1.96. The molecular weight excluding hydrogens is 643 g/mol. The number of rotatable bonds is 5. The van der Waals surface area contributed by atoms with E-state index in [1.54, 1.807) is 0 Å². The maximum Gasteiger partial charge on any atom is 0.164 e. The van der Waals surface area contributed by atoms with Crippen molar-refractivity contribution in [3.63, 3.8) is 0 Å². The van der Waals surface area contributed by atoms with Crippen LogP contribution in [0, 0.1) is 6.92 Å². The largest absolute Gasteiger partial charge is 0.208 e. The van der Waals surface area contributed by atoms with E-state index in [2.05, 4.69) is 159 Å². The Morgan fingerprint density at radius 1 is 0.283 bits per heavy atom. The van der Waals surface area contributed by atoms with E-state index in [0.29, 0.717) is 17.5 Å². The molecule has 0 saturated carbocycles. The highest BCUT2D eigenvalue weighted by atomic mass is 15.0. The first-order chi connectivity index (χ1) is 26.2. The van der Waals surface area contributed by atoms with Crippen molar-refractivity contribution >= 4 is 43.1 Å². The molecule has 0 aliphatic rings. The molecule has 9 aromatic carbocycles. The van der Waals surface area contributed by atoms with Crippen LogP contribution in [0.25, 0.3) is 99.5 Å². The third-order valence-electron chi connectivity index (χ3n) is 10.4. The third-order valence-corrected chi connectivity index (χ3v) is 10.4. The maximum atomic E-state index is 5.06. The van der Waals surface area contributed by atoms with Crippen LogP contribution in [0.3, 0.4) is 0 Å². The summed E-state index contributed by atoms with van der Waals surface area (Å²) in [4.78, 5) is 15.0. The Morgan fingerprint density at radius 2 is 0.774 bits per heavy atom. The van der Waals surface area contributed by atoms with Gasteiger partial charge in [0.1, 0.15) is 0 Å². The first-order valence-electron chi connectivity index (χ1n) is 18.0. The molecule has 10 rings (SSSR count). The van der Waals surface area contributed by atoms with Crippen LogP contribution in [0.4, 0.5) is 0 Å². The fraction of sp³-hybridized carbons (Fsp3) is 0.0200. The Bertz CT molecular complexity index is 2980. The average molecular weight is 676 g/mol. The lowest BCUT2D eigenvalue weighted by Gasteiger charge is -2.14. The Hall–Kier alpha value is -6.97. The van der Waals surface area contributed by atoms with E-state index in [0.717, 1.165) is 27.6 Å². The van der Waals surface area contributed by atoms with Crippen molar-refractivity contribution in [2.45, 2.75) is 6.92 Å². The lowest BCUT2D eigenvalue weighted by atomic mass is 9.91. The van der Waals surface area contributed by atoms with E-state index in [4.69, 9.17) is 15.0 Å². The van der Waals surface area contributed by atoms with Crippen molar-refractivity contribution in [1.29, 1.82) is 0 Å². The highest BCUT2D eigenvalue weighted by molar-refractivity contribution is 6.25. The van der Waals surface area contributed by atoms with Crippen LogP contribution in [0.15, 0.2) is 182 Å². The molecule has 0 aliphatic heterocycles. The van der Waals surface area contributed by atoms with E-state index in [-0.39, 0.29) is 0 Å². The van der Waals surface area contributed by atoms with Gasteiger partial charge in [-0.3, -0.25) is 0 Å². The number of nitrogens with zero attached hydrogens (tertiary/aromatic N) is 3. The van der Waals surface area contributed by atoms with Gasteiger partial charge in [-0.05, 0) is 96.0 Å². The van der Waals surface area contributed by atoms with Crippen LogP contribution in [0.1, 0.15) is 5.56 Å². The third kappa shape index (κ3) is 5.51. The fourth-order valence-electron chi connectivity index (χ4n) is 7.76. The topological polar surface area (TPSA) is 38.7 Å². The summed E-state index contributed by atoms with van der Waals surface area (Å²) in [6.45, 7) is 2.20. The highest BCUT2D eigenvalue weighted by Crippen LogP contribution is 2.38. The van der Waals surface area contributed by atoms with Crippen molar-refractivity contribution in [2.24, 2.45) is 0 Å². The molecule has 0 atom stereocenters. The van der Waals surface area contributed by atoms with Gasteiger partial charge >= 0.3 is 0 Å². The summed E-state index contributed by atoms with van der Waals surface area (Å²) in [6.07, 6.45) is 0. The van der Waals surface area contributed by atoms with Gasteiger partial charge in [0.15, 0.2) is 17.5 Å². The summed E-state index contributed by atoms with van der Waals surface area (Å²) in [5.41, 5.74) is 8.78. The molecule has 3 heteroatoms. The minimum Gasteiger partial charge on any atom is -0.208 e. The van der Waals surface area contributed by atoms with Crippen molar-refractivity contribution < 1.29 is 0 Å². The van der Waals surface area contributed by atoms with Crippen LogP contribution in [0.2, 0.25) is 0 Å². The summed E-state index contributed by atoms with van der Waals surface area (Å²) in [7, 11) is 0. The van der Waals surface area contributed by atoms with Crippen molar-refractivity contribution in [3.8, 4) is 56.4 Å². The zero-order chi connectivity index (χ0) is 35.3. The highest BCUT2D eigenvalue weighted by Gasteiger charge is 2.15. The monoisotopic (exact) mass is 675 g/mol. The zero-order valence-corrected chi connectivity index (χ0v) is 29.2. The normalized spacial score (nSPS) is 11.5. The number of aromatic nitrogens is 3. The molecule has 248 valence electrons. The number of hydrogen-bond donors (Lipinski definition) is 0. The zero-order valence-electron chi connectivity index (χ0n) is 29.2. The minimum atomic E-state index is 0.647. The van der Waals surface area contributed by atoms with Gasteiger partial charge in [-0.2, -0.15) is 0 Å². The second kappa shape index (κ2) is 12.7. The van der Waals surface area contributed by atoms with Crippen LogP contribution >= 0.6 is 0 Å². The molecule has 0 bridgehead atoms. The van der Waals surface area contributed by atoms with E-state index < -0.39 is 0 Å². The maximum absolute atomic E-state index is 5.06. The molecule has 10 aromatic rings. The smallest absolute Gasteiger partial charge is 0.164 e. The molecule has 0 N–H and O–H groups in total. The van der Waals surface area contributed by atoms with Crippen LogP contribution < -0.4 is 0 Å². The number of hydrogen-bond acceptors (Lipinski definition) is 3. The molecular formula is C50H33N3. The molecule has 53 heavy (non-hydrogen) atoms. The summed E-state index contributed by atoms with van der Waals surface area (Å²) in [6, 6.07) is 64.6. The molecule has 0 saturated heterocycles. The molecule has 0 radical (unpaired) electrons. The SMILES string of the molecule is Cc1cc(-c2ccc3c4ccccc4c4ccccc4c3c2)ccc1-c1cccc(-c2nc(-c3ccccc3)nc(-c3ccc4ccccc4c3)n2)c1. The Labute approximate surface area is 307 Å². The van der Waals surface area contributed by atoms with Gasteiger partial charge < -0.3 is 0 Å². The molecule has 0 spiro atoms. The Kier molecular flexibility index (Phi) is 7.36. The van der Waals surface area contributed by atoms with Gasteiger partial charge in [-0.25, -0.2) is 15.0 Å². The van der Waals surface area contributed by atoms with Crippen LogP contribution in [-0.4, -0.2) is 15.0 Å². The summed E-state index contributed by atoms with van der Waals surface area (Å²) < 4.78 is 0. The molecule has 1 aromatic heterocycles. The second-order valence-corrected chi connectivity index (χ2v) is 13.7. The molecule has 0 aliphatic carbocycles. The number of benzene rings is 9. The fourth-order valence-corrected chi connectivity index (χ4v) is 7.76. The molecule has 0 fully saturated rings. The number of aryl methyl sites for hydroxylation is 1. The standard InChI is InChI=1S/C50H33N3/c1-32-28-36(37-25-27-46-44-20-8-7-18-42(44)43-19-9-10-21-45(43)47(46)31-37)24-26-41(32)38-16-11-17-39(30-38)49-51-48(34-13-3-2-4-14-34)52-50(53-49)40-23-22-33-12-5-6-15-35(33)29-40/h2-31H,1H3. The van der Waals surface area contributed by atoms with Gasteiger partial charge in [-0.1, -0.05) is 164 Å². The van der Waals surface area contributed by atoms with Crippen molar-refractivity contribution in [2.75, 3.05) is 0 Å². The van der Waals surface area contributed by atoms with E-state index >= 15 is 0 Å². The van der Waals surface area contributed by atoms with Gasteiger partial charge in [0.2, 0.25) is 0 Å². The first kappa shape index (κ1) is 30.8. The van der Waals surface area contributed by atoms with E-state index in [1.807, 2.05) is 30.3 Å². The van der Waals surface area contributed by atoms with Crippen LogP contribution in [0.5, 0.6) is 0 Å². The van der Waals surface area contributed by atoms with E-state index in [1.165, 1.54) is 60.0 Å². The lowest BCUT2D eigenvalue weighted by Crippen LogP contribution is -2.00. The average Bonchev–Trinajstić information content (AvgIpc) is 3.23. The van der Waals surface area contributed by atoms with Crippen molar-refractivity contribution in [3.05, 3.63) is 188 Å². The minimum absolute atomic E-state index is 0.647. The molecule has 1 heterocycles. The van der Waals surface area contributed by atoms with Gasteiger partial charge in [0.25, 0.3) is 0 Å². The van der Waals surface area contributed by atoms with Gasteiger partial charge in [-0.15, -0.1) is 0 Å². The molecule has 0 unspecified atom stereocenters. The predicted molar refractivity (Wildman–Crippen MR) is 222 cm³/mol. The first-order valence-corrected chi connectivity index (χ1v) is 18.0.